The molecule has 0 aromatic heterocycles. The van der Waals surface area contributed by atoms with Gasteiger partial charge in [0, 0.05) is 0 Å². The van der Waals surface area contributed by atoms with E-state index in [1.54, 1.807) is 37.3 Å². The average Bonchev–Trinajstić information content (AvgIpc) is 3.75. The van der Waals surface area contributed by atoms with Crippen molar-refractivity contribution in [3.63, 3.8) is 0 Å². The van der Waals surface area contributed by atoms with Gasteiger partial charge in [0.1, 0.15) is 0 Å². The molecule has 0 N–H and O–H groups in total. The zero-order valence-electron chi connectivity index (χ0n) is 36.0. The predicted molar refractivity (Wildman–Crippen MR) is 225 cm³/mol. The van der Waals surface area contributed by atoms with Crippen molar-refractivity contribution in [3.8, 4) is 22.3 Å². The van der Waals surface area contributed by atoms with Crippen molar-refractivity contribution < 1.29 is 94.6 Å². The van der Waals surface area contributed by atoms with Gasteiger partial charge in [0.15, 0.2) is 0 Å². The van der Waals surface area contributed by atoms with E-state index in [9.17, 15) is 79.0 Å². The molecule has 3 atom stereocenters. The van der Waals surface area contributed by atoms with E-state index in [1.165, 1.54) is 18.2 Å². The second kappa shape index (κ2) is 17.2. The third kappa shape index (κ3) is 7.93. The molecule has 0 aliphatic heterocycles. The standard InChI is InChI=1S/C24H20F9.C20H12F9.C2H7Si.2ClH.Zr/c1-3-5-14(2)17-12-16-6-4-7-19(20(16)13-17)15-8-10-18(11-9-15)21(22(25,26)27,23(28,29)30)24(31,32)33;1-11-9-13-3-2-4-15(16(13)10-11)12-5-7-14(8-6-12)17(18(21,22)23,19(24,25)26)20(27,28)29;1-3-2;;;/h4,6-14H,3,5H2,1-2H3;2-10H,1H3;3H,1-2H3;2*1H;/q;;;;;+2/p-2. The van der Waals surface area contributed by atoms with Gasteiger partial charge in [0.25, 0.3) is 0 Å². The van der Waals surface area contributed by atoms with Gasteiger partial charge in [-0.1, -0.05) is 0 Å². The summed E-state index contributed by atoms with van der Waals surface area (Å²) in [6, 6.07) is 13.0. The molecule has 0 bridgehead atoms. The number of benzene rings is 4. The number of allylic oxidation sites excluding steroid dienone is 2. The third-order valence-electron chi connectivity index (χ3n) is 13.7. The van der Waals surface area contributed by atoms with E-state index in [0.29, 0.717) is 40.7 Å². The van der Waals surface area contributed by atoms with E-state index in [4.69, 9.17) is 17.0 Å². The molecule has 371 valence electrons. The van der Waals surface area contributed by atoms with Crippen LogP contribution in [0.25, 0.3) is 34.4 Å². The fourth-order valence-electron chi connectivity index (χ4n) is 10.4. The molecule has 0 amide bonds. The molecule has 6 rings (SSSR count). The Kier molecular flexibility index (Phi) is 13.7. The van der Waals surface area contributed by atoms with E-state index in [-0.39, 0.29) is 52.4 Å². The summed E-state index contributed by atoms with van der Waals surface area (Å²) in [5.41, 5.74) is -12.9. The molecule has 3 unspecified atom stereocenters. The molecule has 0 heterocycles. The van der Waals surface area contributed by atoms with Crippen molar-refractivity contribution in [2.75, 3.05) is 0 Å². The molecule has 0 nitrogen and oxygen atoms in total. The molecule has 4 aromatic rings. The Morgan fingerprint density at radius 2 is 0.853 bits per heavy atom. The molecule has 0 saturated heterocycles. The molecule has 4 aromatic carbocycles. The van der Waals surface area contributed by atoms with E-state index in [1.807, 2.05) is 26.9 Å². The number of halogens is 20. The number of hydrogen-bond donors (Lipinski definition) is 0. The molecular weight excluding hydrogens is 1080 g/mol. The van der Waals surface area contributed by atoms with E-state index in [2.05, 4.69) is 0 Å². The van der Waals surface area contributed by atoms with Crippen molar-refractivity contribution in [3.05, 3.63) is 129 Å². The van der Waals surface area contributed by atoms with E-state index >= 15 is 0 Å². The minimum absolute atomic E-state index is 0.0259. The Balaban J connectivity index is 1.53. The number of alkyl halides is 18. The first-order chi connectivity index (χ1) is 30.9. The average molecular weight is 1120 g/mol. The van der Waals surface area contributed by atoms with Crippen molar-refractivity contribution in [1.29, 1.82) is 0 Å². The van der Waals surface area contributed by atoms with Gasteiger partial charge < -0.3 is 0 Å². The fraction of sp³-hybridized carbons (Fsp3) is 0.391. The van der Waals surface area contributed by atoms with Crippen LogP contribution in [0.1, 0.15) is 74.2 Å². The molecule has 2 aliphatic rings. The topological polar surface area (TPSA) is 0 Å². The van der Waals surface area contributed by atoms with Gasteiger partial charge in [-0.2, -0.15) is 0 Å². The molecule has 68 heavy (non-hydrogen) atoms. The minimum atomic E-state index is -6.83. The maximum atomic E-state index is 14.0. The van der Waals surface area contributed by atoms with Crippen LogP contribution in [-0.4, -0.2) is 43.0 Å². The first kappa shape index (κ1) is 54.1. The van der Waals surface area contributed by atoms with Gasteiger partial charge in [-0.05, 0) is 0 Å². The van der Waals surface area contributed by atoms with Gasteiger partial charge in [-0.15, -0.1) is 0 Å². The SMILES string of the molecule is CCCC(C)C1=Cc2c(-c3ccc(C(C(F)(F)F)(C(F)(F)F)C(F)(F)F)cc3)cccc2[CH]1[Zr]([Cl])([Cl])([CH]1C(C)=Cc2c(-c3ccc(C(C(F)(F)F)(C(F)(F)F)C(F)(F)F)cc3)cccc21)[SiH](C)C. The second-order valence-electron chi connectivity index (χ2n) is 17.7. The Hall–Kier alpha value is -3.22. The van der Waals surface area contributed by atoms with Crippen molar-refractivity contribution in [1.82, 2.24) is 0 Å². The summed E-state index contributed by atoms with van der Waals surface area (Å²) in [5, 5.41) is 0. The summed E-state index contributed by atoms with van der Waals surface area (Å²) in [5.74, 6) is -2.63. The van der Waals surface area contributed by atoms with E-state index in [0.717, 1.165) is 29.8 Å². The maximum absolute atomic E-state index is 14.0. The Morgan fingerprint density at radius 1 is 0.515 bits per heavy atom. The number of fused-ring (bicyclic) bond motifs is 2. The second-order valence-corrected chi connectivity index (χ2v) is 60.2. The van der Waals surface area contributed by atoms with Crippen LogP contribution in [0.4, 0.5) is 79.0 Å². The first-order valence-corrected chi connectivity index (χ1v) is 37.0. The van der Waals surface area contributed by atoms with Crippen LogP contribution in [0.5, 0.6) is 0 Å². The first-order valence-electron chi connectivity index (χ1n) is 20.7. The van der Waals surface area contributed by atoms with Crippen LogP contribution < -0.4 is 0 Å². The quantitative estimate of drug-likeness (QED) is 0.110. The Labute approximate surface area is 387 Å². The van der Waals surface area contributed by atoms with Crippen molar-refractivity contribution in [2.24, 2.45) is 5.92 Å². The monoisotopic (exact) mass is 1120 g/mol. The third-order valence-corrected chi connectivity index (χ3v) is 65.6. The van der Waals surface area contributed by atoms with Crippen LogP contribution in [0, 0.1) is 5.92 Å². The summed E-state index contributed by atoms with van der Waals surface area (Å²) in [4.78, 5) is 0. The van der Waals surface area contributed by atoms with Crippen LogP contribution in [0.15, 0.2) is 96.1 Å². The summed E-state index contributed by atoms with van der Waals surface area (Å²) in [7, 11) is 16.7. The van der Waals surface area contributed by atoms with Crippen LogP contribution in [0.2, 0.25) is 13.1 Å². The van der Waals surface area contributed by atoms with Crippen LogP contribution >= 0.6 is 17.0 Å². The van der Waals surface area contributed by atoms with Gasteiger partial charge in [-0.3, -0.25) is 0 Å². The van der Waals surface area contributed by atoms with Gasteiger partial charge in [-0.25, -0.2) is 0 Å². The summed E-state index contributed by atoms with van der Waals surface area (Å²) < 4.78 is 251. The molecule has 0 radical (unpaired) electrons. The molecule has 22 heteroatoms. The van der Waals surface area contributed by atoms with Gasteiger partial charge >= 0.3 is 389 Å². The molecule has 0 saturated carbocycles. The molecule has 0 spiro atoms. The summed E-state index contributed by atoms with van der Waals surface area (Å²) in [6.07, 6.45) is -36.3. The van der Waals surface area contributed by atoms with Crippen molar-refractivity contribution in [2.45, 2.75) is 102 Å². The van der Waals surface area contributed by atoms with Gasteiger partial charge in [0.2, 0.25) is 0 Å². The summed E-state index contributed by atoms with van der Waals surface area (Å²) in [6.45, 7) is 9.43. The zero-order valence-corrected chi connectivity index (χ0v) is 41.1. The van der Waals surface area contributed by atoms with E-state index < -0.39 is 87.7 Å². The zero-order chi connectivity index (χ0) is 51.4. The normalized spacial score (nSPS) is 18.8. The fourth-order valence-corrected chi connectivity index (χ4v) is 42.5. The van der Waals surface area contributed by atoms with Crippen LogP contribution in [-0.2, 0) is 26.4 Å². The predicted octanol–water partition coefficient (Wildman–Crippen LogP) is 17.9. The molecule has 2 aliphatic carbocycles. The van der Waals surface area contributed by atoms with Crippen molar-refractivity contribution >= 4 is 35.1 Å². The number of hydrogen-bond acceptors (Lipinski definition) is 0. The Morgan fingerprint density at radius 3 is 1.18 bits per heavy atom. The summed E-state index contributed by atoms with van der Waals surface area (Å²) >= 11 is -5.78. The van der Waals surface area contributed by atoms with Gasteiger partial charge in [0.05, 0.1) is 0 Å². The molecule has 0 fully saturated rings. The number of rotatable bonds is 10. The molecular formula is C46H39Cl2F18SiZr. The Bertz CT molecular complexity index is 2540. The van der Waals surface area contributed by atoms with Crippen LogP contribution in [0.3, 0.4) is 0 Å².